The third-order valence-electron chi connectivity index (χ3n) is 0.942. The van der Waals surface area contributed by atoms with Gasteiger partial charge in [-0.25, -0.2) is 8.15 Å². The molecule has 0 aromatic heterocycles. The lowest BCUT2D eigenvalue weighted by atomic mass is 10.2. The van der Waals surface area contributed by atoms with Crippen molar-refractivity contribution in [3.05, 3.63) is 0 Å². The Bertz CT molecular complexity index is 135. The Morgan fingerprint density at radius 1 is 1.90 bits per heavy atom. The number of nitrogens with zero attached hydrogens (tertiary/aromatic N) is 1. The molecule has 1 atom stereocenters. The fraction of sp³-hybridized carbons (Fsp3) is 0.750. The first-order valence-corrected chi connectivity index (χ1v) is 3.93. The summed E-state index contributed by atoms with van der Waals surface area (Å²) >= 11 is 12.8. The van der Waals surface area contributed by atoms with Crippen molar-refractivity contribution in [1.82, 2.24) is 0 Å². The van der Waals surface area contributed by atoms with Crippen LogP contribution in [0.4, 0.5) is 0 Å². The van der Waals surface area contributed by atoms with Crippen molar-refractivity contribution in [1.29, 1.82) is 0 Å². The van der Waals surface area contributed by atoms with Crippen LogP contribution in [0, 0.1) is 0 Å². The van der Waals surface area contributed by atoms with Gasteiger partial charge in [-0.05, 0) is 5.75 Å². The minimum absolute atomic E-state index is 0.380. The highest BCUT2D eigenvalue weighted by Gasteiger charge is 2.21. The van der Waals surface area contributed by atoms with Gasteiger partial charge in [0, 0.05) is 6.42 Å². The number of carbonyl (C=O) groups is 1. The van der Waals surface area contributed by atoms with E-state index in [4.69, 9.17) is 5.11 Å². The van der Waals surface area contributed by atoms with Crippen molar-refractivity contribution in [3.63, 3.8) is 0 Å². The van der Waals surface area contributed by atoms with Gasteiger partial charge in [-0.3, -0.25) is 0 Å². The largest absolute Gasteiger partial charge is 0.476 e. The van der Waals surface area contributed by atoms with E-state index < -0.39 is 12.0 Å². The van der Waals surface area contributed by atoms with Crippen LogP contribution in [0.15, 0.2) is 0 Å². The molecule has 0 aliphatic heterocycles. The number of hydrogen-bond acceptors (Lipinski definition) is 4. The SMILES string of the molecule is O=C(O)[C@H](CCS)[N+](=S)[S-]. The summed E-state index contributed by atoms with van der Waals surface area (Å²) < 4.78 is 0.846. The maximum atomic E-state index is 10.3. The van der Waals surface area contributed by atoms with E-state index in [0.29, 0.717) is 12.2 Å². The molecule has 0 aromatic carbocycles. The standard InChI is InChI=1S/C4H7NO2S3/c6-4(7)3(1-2-8)5(9)10/h3,8H,1-2H2,(H,6,7)/t3-/m0/s1. The van der Waals surface area contributed by atoms with E-state index in [1.165, 1.54) is 0 Å². The van der Waals surface area contributed by atoms with Gasteiger partial charge in [-0.2, -0.15) is 12.6 Å². The molecule has 0 fully saturated rings. The number of rotatable bonds is 4. The zero-order valence-corrected chi connectivity index (χ0v) is 7.59. The van der Waals surface area contributed by atoms with Crippen molar-refractivity contribution < 1.29 is 13.3 Å². The summed E-state index contributed by atoms with van der Waals surface area (Å²) in [5, 5.41) is 8.47. The van der Waals surface area contributed by atoms with E-state index in [1.54, 1.807) is 0 Å². The molecular weight excluding hydrogens is 190 g/mol. The number of hydrogen-bond donors (Lipinski definition) is 2. The Hall–Kier alpha value is 0.0600. The van der Waals surface area contributed by atoms with Crippen LogP contribution in [-0.2, 0) is 30.0 Å². The first-order valence-electron chi connectivity index (χ1n) is 2.56. The number of carboxylic acid groups (broad SMARTS) is 1. The van der Waals surface area contributed by atoms with E-state index in [1.807, 2.05) is 0 Å². The van der Waals surface area contributed by atoms with Crippen LogP contribution in [0.25, 0.3) is 0 Å². The molecule has 0 rings (SSSR count). The van der Waals surface area contributed by atoms with Crippen LogP contribution in [0.3, 0.4) is 0 Å². The predicted molar refractivity (Wildman–Crippen MR) is 44.9 cm³/mol. The molecule has 6 heteroatoms. The molecule has 0 radical (unpaired) electrons. The third-order valence-corrected chi connectivity index (χ3v) is 1.71. The van der Waals surface area contributed by atoms with Gasteiger partial charge in [-0.15, -0.1) is 0 Å². The maximum Gasteiger partial charge on any atom is 0.372 e. The lowest BCUT2D eigenvalue weighted by Gasteiger charge is -2.06. The quantitative estimate of drug-likeness (QED) is 0.377. The topological polar surface area (TPSA) is 40.3 Å². The molecule has 0 aromatic rings. The minimum atomic E-state index is -0.987. The first kappa shape index (κ1) is 10.1. The summed E-state index contributed by atoms with van der Waals surface area (Å²) in [5.74, 6) is -0.514. The first-order chi connectivity index (χ1) is 4.59. The van der Waals surface area contributed by atoms with Crippen LogP contribution in [0.2, 0.25) is 0 Å². The van der Waals surface area contributed by atoms with Crippen LogP contribution in [-0.4, -0.2) is 26.2 Å². The highest BCUT2D eigenvalue weighted by Crippen LogP contribution is 1.97. The van der Waals surface area contributed by atoms with Gasteiger partial charge in [0.2, 0.25) is 6.04 Å². The molecular formula is C4H7NO2S3. The van der Waals surface area contributed by atoms with E-state index in [2.05, 4.69) is 37.9 Å². The number of aliphatic carboxylic acids is 1. The third kappa shape index (κ3) is 3.28. The Morgan fingerprint density at radius 2 is 2.40 bits per heavy atom. The molecule has 0 heterocycles. The van der Waals surface area contributed by atoms with Crippen LogP contribution in [0.5, 0.6) is 0 Å². The van der Waals surface area contributed by atoms with Crippen molar-refractivity contribution >= 4 is 43.8 Å². The lowest BCUT2D eigenvalue weighted by molar-refractivity contribution is -0.356. The molecule has 0 aliphatic rings. The molecule has 0 bridgehead atoms. The highest BCUT2D eigenvalue weighted by atomic mass is 32.2. The lowest BCUT2D eigenvalue weighted by Crippen LogP contribution is -2.29. The van der Waals surface area contributed by atoms with E-state index in [0.717, 1.165) is 3.35 Å². The van der Waals surface area contributed by atoms with Crippen LogP contribution < -0.4 is 0 Å². The predicted octanol–water partition coefficient (Wildman–Crippen LogP) is -0.0356. The summed E-state index contributed by atoms with van der Waals surface area (Å²) in [6, 6.07) is -0.762. The van der Waals surface area contributed by atoms with Crippen molar-refractivity contribution in [2.45, 2.75) is 12.5 Å². The van der Waals surface area contributed by atoms with Gasteiger partial charge in [0.25, 0.3) is 0 Å². The second-order valence-electron chi connectivity index (χ2n) is 1.65. The fourth-order valence-corrected chi connectivity index (χ4v) is 1.08. The Morgan fingerprint density at radius 3 is 2.50 bits per heavy atom. The zero-order valence-electron chi connectivity index (χ0n) is 5.06. The van der Waals surface area contributed by atoms with Crippen molar-refractivity contribution in [3.8, 4) is 0 Å². The van der Waals surface area contributed by atoms with Crippen molar-refractivity contribution in [2.75, 3.05) is 5.75 Å². The average Bonchev–Trinajstić information content (AvgIpc) is 1.81. The molecule has 0 saturated carbocycles. The summed E-state index contributed by atoms with van der Waals surface area (Å²) in [7, 11) is 0. The molecule has 3 nitrogen and oxygen atoms in total. The van der Waals surface area contributed by atoms with E-state index >= 15 is 0 Å². The van der Waals surface area contributed by atoms with Gasteiger partial charge in [-0.1, -0.05) is 25.2 Å². The monoisotopic (exact) mass is 197 g/mol. The average molecular weight is 197 g/mol. The summed E-state index contributed by atoms with van der Waals surface area (Å²) in [6.45, 7) is 0. The zero-order chi connectivity index (χ0) is 8.15. The minimum Gasteiger partial charge on any atom is -0.476 e. The maximum absolute atomic E-state index is 10.3. The molecule has 10 heavy (non-hydrogen) atoms. The van der Waals surface area contributed by atoms with Gasteiger partial charge < -0.3 is 5.11 Å². The van der Waals surface area contributed by atoms with Gasteiger partial charge in [0.1, 0.15) is 0 Å². The Kier molecular flexibility index (Phi) is 4.84. The second kappa shape index (κ2) is 4.81. The second-order valence-corrected chi connectivity index (χ2v) is 3.12. The summed E-state index contributed by atoms with van der Waals surface area (Å²) in [6.07, 6.45) is 0.380. The van der Waals surface area contributed by atoms with Gasteiger partial charge in [0.05, 0.1) is 0 Å². The van der Waals surface area contributed by atoms with Crippen molar-refractivity contribution in [2.24, 2.45) is 0 Å². The summed E-state index contributed by atoms with van der Waals surface area (Å²) in [4.78, 5) is 10.3. The Balaban J connectivity index is 3.98. The van der Waals surface area contributed by atoms with Crippen LogP contribution >= 0.6 is 12.6 Å². The molecule has 58 valence electrons. The number of thiol groups is 1. The molecule has 0 unspecified atom stereocenters. The van der Waals surface area contributed by atoms with Gasteiger partial charge in [0.15, 0.2) is 0 Å². The Labute approximate surface area is 75.5 Å². The fourth-order valence-electron chi connectivity index (χ4n) is 0.441. The number of carboxylic acids is 1. The molecule has 0 spiro atoms. The van der Waals surface area contributed by atoms with E-state index in [-0.39, 0.29) is 0 Å². The molecule has 0 amide bonds. The smallest absolute Gasteiger partial charge is 0.372 e. The normalized spacial score (nSPS) is 12.5. The van der Waals surface area contributed by atoms with Crippen LogP contribution in [0.1, 0.15) is 6.42 Å². The molecule has 0 saturated heterocycles. The summed E-state index contributed by atoms with van der Waals surface area (Å²) in [5.41, 5.74) is 0. The highest BCUT2D eigenvalue weighted by molar-refractivity contribution is 7.80. The van der Waals surface area contributed by atoms with E-state index in [9.17, 15) is 4.79 Å². The molecule has 1 N–H and O–H groups in total. The van der Waals surface area contributed by atoms with Gasteiger partial charge >= 0.3 is 5.97 Å². The molecule has 0 aliphatic carbocycles.